The van der Waals surface area contributed by atoms with Crippen LogP contribution in [0.3, 0.4) is 0 Å². The molecule has 0 aliphatic heterocycles. The monoisotopic (exact) mass is 308 g/mol. The molecule has 0 radical (unpaired) electrons. The van der Waals surface area contributed by atoms with Crippen molar-refractivity contribution in [3.63, 3.8) is 0 Å². The number of benzene rings is 2. The van der Waals surface area contributed by atoms with Gasteiger partial charge >= 0.3 is 0 Å². The summed E-state index contributed by atoms with van der Waals surface area (Å²) in [5.41, 5.74) is 2.11. The van der Waals surface area contributed by atoms with E-state index in [2.05, 4.69) is 10.0 Å². The molecule has 0 heterocycles. The Labute approximate surface area is 123 Å². The average molecular weight is 308 g/mol. The largest absolute Gasteiger partial charge is 0.504 e. The highest BCUT2D eigenvalue weighted by atomic mass is 32.2. The van der Waals surface area contributed by atoms with E-state index in [0.29, 0.717) is 12.2 Å². The minimum absolute atomic E-state index is 0.157. The molecule has 6 nitrogen and oxygen atoms in total. The summed E-state index contributed by atoms with van der Waals surface area (Å²) in [5.74, 6) is -0.322. The predicted molar refractivity (Wildman–Crippen MR) is 82.0 cm³/mol. The molecule has 2 rings (SSSR count). The Morgan fingerprint density at radius 3 is 2.14 bits per heavy atom. The summed E-state index contributed by atoms with van der Waals surface area (Å²) in [7, 11) is -3.28. The normalized spacial score (nSPS) is 11.1. The Morgan fingerprint density at radius 1 is 0.952 bits per heavy atom. The maximum atomic E-state index is 11.1. The molecule has 0 unspecified atom stereocenters. The van der Waals surface area contributed by atoms with E-state index >= 15 is 0 Å². The number of phenolic OH excluding ortho intramolecular Hbond substituents is 2. The van der Waals surface area contributed by atoms with Gasteiger partial charge in [0.05, 0.1) is 6.26 Å². The number of hydrogen-bond acceptors (Lipinski definition) is 5. The summed E-state index contributed by atoms with van der Waals surface area (Å²) in [6.07, 6.45) is 1.09. The summed E-state index contributed by atoms with van der Waals surface area (Å²) >= 11 is 0. The minimum atomic E-state index is -3.28. The number of aromatic hydroxyl groups is 2. The molecule has 112 valence electrons. The van der Waals surface area contributed by atoms with E-state index in [0.717, 1.165) is 17.5 Å². The third kappa shape index (κ3) is 4.57. The van der Waals surface area contributed by atoms with Crippen molar-refractivity contribution in [3.8, 4) is 11.5 Å². The Balaban J connectivity index is 1.99. The number of sulfonamides is 1. The number of phenols is 2. The SMILES string of the molecule is CS(=O)(=O)Nc1ccc(NCc2ccc(O)c(O)c2)cc1. The summed E-state index contributed by atoms with van der Waals surface area (Å²) in [5, 5.41) is 21.8. The van der Waals surface area contributed by atoms with Gasteiger partial charge in [0.1, 0.15) is 0 Å². The topological polar surface area (TPSA) is 98.7 Å². The van der Waals surface area contributed by atoms with Crippen LogP contribution >= 0.6 is 0 Å². The van der Waals surface area contributed by atoms with E-state index in [9.17, 15) is 18.6 Å². The lowest BCUT2D eigenvalue weighted by molar-refractivity contribution is 0.403. The molecule has 4 N–H and O–H groups in total. The van der Waals surface area contributed by atoms with Gasteiger partial charge in [0.2, 0.25) is 10.0 Å². The van der Waals surface area contributed by atoms with E-state index in [1.165, 1.54) is 12.1 Å². The van der Waals surface area contributed by atoms with Gasteiger partial charge in [0.25, 0.3) is 0 Å². The Bertz CT molecular complexity index is 727. The summed E-state index contributed by atoms with van der Waals surface area (Å²) in [4.78, 5) is 0. The van der Waals surface area contributed by atoms with Gasteiger partial charge in [-0.05, 0) is 42.0 Å². The summed E-state index contributed by atoms with van der Waals surface area (Å²) in [6, 6.07) is 11.4. The highest BCUT2D eigenvalue weighted by Crippen LogP contribution is 2.25. The van der Waals surface area contributed by atoms with Crippen LogP contribution in [0.4, 0.5) is 11.4 Å². The zero-order valence-corrected chi connectivity index (χ0v) is 12.2. The zero-order valence-electron chi connectivity index (χ0n) is 11.4. The van der Waals surface area contributed by atoms with Crippen LogP contribution in [0.25, 0.3) is 0 Å². The molecule has 0 aromatic heterocycles. The molecular weight excluding hydrogens is 292 g/mol. The molecule has 0 atom stereocenters. The number of rotatable bonds is 5. The van der Waals surface area contributed by atoms with E-state index < -0.39 is 10.0 Å². The van der Waals surface area contributed by atoms with Crippen LogP contribution < -0.4 is 10.0 Å². The smallest absolute Gasteiger partial charge is 0.229 e. The third-order valence-corrected chi connectivity index (χ3v) is 3.33. The fourth-order valence-electron chi connectivity index (χ4n) is 1.75. The number of nitrogens with one attached hydrogen (secondary N) is 2. The van der Waals surface area contributed by atoms with Crippen molar-refractivity contribution in [2.45, 2.75) is 6.54 Å². The van der Waals surface area contributed by atoms with Gasteiger partial charge in [-0.25, -0.2) is 8.42 Å². The third-order valence-electron chi connectivity index (χ3n) is 2.72. The molecule has 0 amide bonds. The molecule has 2 aromatic carbocycles. The first-order valence-corrected chi connectivity index (χ1v) is 8.05. The van der Waals surface area contributed by atoms with Crippen LogP contribution in [0.2, 0.25) is 0 Å². The van der Waals surface area contributed by atoms with Crippen molar-refractivity contribution in [1.29, 1.82) is 0 Å². The van der Waals surface area contributed by atoms with Gasteiger partial charge in [0.15, 0.2) is 11.5 Å². The van der Waals surface area contributed by atoms with Crippen molar-refractivity contribution in [1.82, 2.24) is 0 Å². The number of anilines is 2. The van der Waals surface area contributed by atoms with Crippen molar-refractivity contribution < 1.29 is 18.6 Å². The van der Waals surface area contributed by atoms with E-state index in [1.54, 1.807) is 30.3 Å². The molecule has 2 aromatic rings. The van der Waals surface area contributed by atoms with E-state index in [1.807, 2.05) is 0 Å². The molecule has 21 heavy (non-hydrogen) atoms. The first-order valence-electron chi connectivity index (χ1n) is 6.16. The maximum absolute atomic E-state index is 11.1. The van der Waals surface area contributed by atoms with Crippen LogP contribution in [0.15, 0.2) is 42.5 Å². The Morgan fingerprint density at radius 2 is 1.57 bits per heavy atom. The molecule has 0 fully saturated rings. The van der Waals surface area contributed by atoms with E-state index in [4.69, 9.17) is 0 Å². The summed E-state index contributed by atoms with van der Waals surface area (Å²) < 4.78 is 24.5. The summed E-state index contributed by atoms with van der Waals surface area (Å²) in [6.45, 7) is 0.465. The van der Waals surface area contributed by atoms with Crippen LogP contribution in [-0.2, 0) is 16.6 Å². The quantitative estimate of drug-likeness (QED) is 0.634. The second kappa shape index (κ2) is 5.92. The minimum Gasteiger partial charge on any atom is -0.504 e. The van der Waals surface area contributed by atoms with Crippen LogP contribution in [0, 0.1) is 0 Å². The van der Waals surface area contributed by atoms with Crippen molar-refractivity contribution in [3.05, 3.63) is 48.0 Å². The van der Waals surface area contributed by atoms with E-state index in [-0.39, 0.29) is 11.5 Å². The molecule has 7 heteroatoms. The Kier molecular flexibility index (Phi) is 4.23. The van der Waals surface area contributed by atoms with Crippen molar-refractivity contribution >= 4 is 21.4 Å². The first kappa shape index (κ1) is 15.0. The first-order chi connectivity index (χ1) is 9.83. The molecule has 0 aliphatic carbocycles. The molecular formula is C14H16N2O4S. The van der Waals surface area contributed by atoms with Gasteiger partial charge in [-0.3, -0.25) is 4.72 Å². The maximum Gasteiger partial charge on any atom is 0.229 e. The lowest BCUT2D eigenvalue weighted by atomic mass is 10.2. The fourth-order valence-corrected chi connectivity index (χ4v) is 2.32. The van der Waals surface area contributed by atoms with Crippen LogP contribution in [0.5, 0.6) is 11.5 Å². The standard InChI is InChI=1S/C14H16N2O4S/c1-21(19,20)16-12-5-3-11(4-6-12)15-9-10-2-7-13(17)14(18)8-10/h2-8,15-18H,9H2,1H3. The lowest BCUT2D eigenvalue weighted by Crippen LogP contribution is -2.09. The second-order valence-electron chi connectivity index (χ2n) is 4.63. The van der Waals surface area contributed by atoms with Gasteiger partial charge < -0.3 is 15.5 Å². The molecule has 0 saturated carbocycles. The fraction of sp³-hybridized carbons (Fsp3) is 0.143. The zero-order chi connectivity index (χ0) is 15.5. The molecule has 0 aliphatic rings. The molecule has 0 saturated heterocycles. The van der Waals surface area contributed by atoms with Crippen molar-refractivity contribution in [2.75, 3.05) is 16.3 Å². The number of hydrogen-bond donors (Lipinski definition) is 4. The van der Waals surface area contributed by atoms with Crippen molar-refractivity contribution in [2.24, 2.45) is 0 Å². The van der Waals surface area contributed by atoms with Gasteiger partial charge in [-0.2, -0.15) is 0 Å². The predicted octanol–water partition coefficient (Wildman–Crippen LogP) is 2.08. The van der Waals surface area contributed by atoms with Crippen LogP contribution in [0.1, 0.15) is 5.56 Å². The highest BCUT2D eigenvalue weighted by molar-refractivity contribution is 7.92. The van der Waals surface area contributed by atoms with Gasteiger partial charge in [-0.15, -0.1) is 0 Å². The van der Waals surface area contributed by atoms with Gasteiger partial charge in [-0.1, -0.05) is 6.07 Å². The lowest BCUT2D eigenvalue weighted by Gasteiger charge is -2.09. The molecule has 0 bridgehead atoms. The second-order valence-corrected chi connectivity index (χ2v) is 6.38. The molecule has 0 spiro atoms. The Hall–Kier alpha value is -2.41. The highest BCUT2D eigenvalue weighted by Gasteiger charge is 2.03. The van der Waals surface area contributed by atoms with Gasteiger partial charge in [0, 0.05) is 17.9 Å². The average Bonchev–Trinajstić information content (AvgIpc) is 2.40. The van der Waals surface area contributed by atoms with Crippen LogP contribution in [-0.4, -0.2) is 24.9 Å².